The van der Waals surface area contributed by atoms with E-state index in [0.717, 1.165) is 5.56 Å². The molecule has 0 fully saturated rings. The van der Waals surface area contributed by atoms with Gasteiger partial charge in [-0.05, 0) is 56.7 Å². The first-order valence-corrected chi connectivity index (χ1v) is 14.4. The minimum atomic E-state index is -2.34. The van der Waals surface area contributed by atoms with Crippen LogP contribution < -0.4 is 10.6 Å². The van der Waals surface area contributed by atoms with Gasteiger partial charge in [0.2, 0.25) is 11.7 Å². The summed E-state index contributed by atoms with van der Waals surface area (Å²) in [4.78, 5) is 26.4. The highest BCUT2D eigenvalue weighted by molar-refractivity contribution is 5.80. The molecule has 0 unspecified atom stereocenters. The summed E-state index contributed by atoms with van der Waals surface area (Å²) in [7, 11) is 0. The number of hydrogen-bond donors (Lipinski definition) is 4. The number of alkyl carbamates (subject to hydrolysis) is 1. The van der Waals surface area contributed by atoms with Crippen LogP contribution in [0.1, 0.15) is 55.5 Å². The van der Waals surface area contributed by atoms with Crippen LogP contribution in [0, 0.1) is 35.0 Å². The van der Waals surface area contributed by atoms with Gasteiger partial charge in [-0.25, -0.2) is 26.7 Å². The first-order valence-electron chi connectivity index (χ1n) is 14.4. The summed E-state index contributed by atoms with van der Waals surface area (Å²) in [6.45, 7) is 4.90. The molecular weight excluding hydrogens is 599 g/mol. The summed E-state index contributed by atoms with van der Waals surface area (Å²) in [6.07, 6.45) is -4.78. The Kier molecular flexibility index (Phi) is 10.5. The fraction of sp³-hybridized carbons (Fsp3) is 0.394. The summed E-state index contributed by atoms with van der Waals surface area (Å²) in [6, 6.07) is 13.6. The zero-order valence-corrected chi connectivity index (χ0v) is 24.9. The maximum absolute atomic E-state index is 14.8. The first kappa shape index (κ1) is 33.9. The fourth-order valence-electron chi connectivity index (χ4n) is 5.44. The third kappa shape index (κ3) is 8.17. The molecule has 1 aliphatic rings. The summed E-state index contributed by atoms with van der Waals surface area (Å²) in [5, 5.41) is 27.2. The van der Waals surface area contributed by atoms with E-state index in [2.05, 4.69) is 10.6 Å². The van der Waals surface area contributed by atoms with E-state index in [0.29, 0.717) is 11.1 Å². The highest BCUT2D eigenvalue weighted by Gasteiger charge is 2.37. The van der Waals surface area contributed by atoms with E-state index in [-0.39, 0.29) is 12.8 Å². The molecule has 4 rings (SSSR count). The lowest BCUT2D eigenvalue weighted by molar-refractivity contribution is -0.127. The van der Waals surface area contributed by atoms with Crippen LogP contribution in [-0.2, 0) is 28.8 Å². The van der Waals surface area contributed by atoms with E-state index in [1.807, 2.05) is 0 Å². The molecule has 0 aliphatic heterocycles. The van der Waals surface area contributed by atoms with Crippen LogP contribution in [0.5, 0.6) is 0 Å². The molecule has 1 aliphatic carbocycles. The van der Waals surface area contributed by atoms with Crippen molar-refractivity contribution in [2.45, 2.75) is 76.3 Å². The normalized spacial score (nSPS) is 18.1. The van der Waals surface area contributed by atoms with Crippen LogP contribution in [0.25, 0.3) is 0 Å². The Morgan fingerprint density at radius 3 is 2.09 bits per heavy atom. The van der Waals surface area contributed by atoms with Gasteiger partial charge in [0.05, 0.1) is 24.3 Å². The van der Waals surface area contributed by atoms with Crippen molar-refractivity contribution in [1.82, 2.24) is 10.6 Å². The number of nitrogens with one attached hydrogen (secondary N) is 2. The molecule has 7 nitrogen and oxygen atoms in total. The van der Waals surface area contributed by atoms with Crippen LogP contribution in [0.15, 0.2) is 54.6 Å². The third-order valence-corrected chi connectivity index (χ3v) is 7.61. The Bertz CT molecular complexity index is 1500. The van der Waals surface area contributed by atoms with Crippen LogP contribution >= 0.6 is 0 Å². The molecule has 242 valence electrons. The monoisotopic (exact) mass is 634 g/mol. The lowest BCUT2D eigenvalue weighted by Crippen LogP contribution is -2.48. The van der Waals surface area contributed by atoms with Crippen molar-refractivity contribution in [3.05, 3.63) is 106 Å². The first-order chi connectivity index (χ1) is 21.2. The number of carbonyl (C=O) groups is 2. The van der Waals surface area contributed by atoms with Gasteiger partial charge in [0.25, 0.3) is 0 Å². The maximum Gasteiger partial charge on any atom is 0.407 e. The maximum atomic E-state index is 14.8. The number of ether oxygens (including phenoxy) is 1. The minimum Gasteiger partial charge on any atom is -0.444 e. The highest BCUT2D eigenvalue weighted by Crippen LogP contribution is 2.33. The van der Waals surface area contributed by atoms with Gasteiger partial charge in [0.15, 0.2) is 23.3 Å². The zero-order valence-electron chi connectivity index (χ0n) is 24.9. The molecule has 3 aromatic rings. The van der Waals surface area contributed by atoms with Gasteiger partial charge >= 0.3 is 6.09 Å². The number of carbonyl (C=O) groups excluding carboxylic acids is 2. The molecule has 3 aromatic carbocycles. The molecule has 2 amide bonds. The van der Waals surface area contributed by atoms with Gasteiger partial charge < -0.3 is 25.6 Å². The second-order valence-corrected chi connectivity index (χ2v) is 12.2. The number of amides is 2. The smallest absolute Gasteiger partial charge is 0.407 e. The molecular formula is C33H35F5N2O5. The predicted octanol–water partition coefficient (Wildman–Crippen LogP) is 5.20. The average molecular weight is 635 g/mol. The van der Waals surface area contributed by atoms with Crippen LogP contribution in [0.3, 0.4) is 0 Å². The summed E-state index contributed by atoms with van der Waals surface area (Å²) < 4.78 is 76.9. The third-order valence-electron chi connectivity index (χ3n) is 7.61. The Morgan fingerprint density at radius 2 is 1.47 bits per heavy atom. The van der Waals surface area contributed by atoms with Gasteiger partial charge in [0.1, 0.15) is 5.60 Å². The van der Waals surface area contributed by atoms with E-state index < -0.39 is 95.3 Å². The quantitative estimate of drug-likeness (QED) is 0.139. The molecule has 0 spiro atoms. The van der Waals surface area contributed by atoms with E-state index in [1.54, 1.807) is 75.4 Å². The van der Waals surface area contributed by atoms with Crippen LogP contribution in [0.2, 0.25) is 0 Å². The Hall–Kier alpha value is -4.03. The molecule has 0 bridgehead atoms. The SMILES string of the molecule is CC(C)(C)OC(=O)N[C@@H](Cc1ccccc1)[C@@H](O)C[C@H](Cc1c(F)c(F)c(F)c(F)c1F)C(=O)N[C@H]1c2ccccc2C[C@H]1O. The summed E-state index contributed by atoms with van der Waals surface area (Å²) >= 11 is 0. The molecule has 0 heterocycles. The standard InChI is InChI=1S/C33H35F5N2O5/c1-33(2,3)45-32(44)39-22(13-17-9-5-4-6-10-17)23(41)16-19(14-21-25(34)27(36)29(38)28(37)26(21)35)31(43)40-30-20-12-8-7-11-18(20)15-24(30)42/h4-12,19,22-24,30,41-42H,13-16H2,1-3H3,(H,39,44)(H,40,43)/t19-,22-,23-,24+,30-/m0/s1. The minimum absolute atomic E-state index is 0.0484. The molecule has 0 saturated heterocycles. The molecule has 4 N–H and O–H groups in total. The Labute approximate surface area is 257 Å². The van der Waals surface area contributed by atoms with E-state index >= 15 is 0 Å². The Morgan fingerprint density at radius 1 is 0.889 bits per heavy atom. The van der Waals surface area contributed by atoms with Crippen molar-refractivity contribution >= 4 is 12.0 Å². The molecule has 0 radical (unpaired) electrons. The topological polar surface area (TPSA) is 108 Å². The van der Waals surface area contributed by atoms with E-state index in [1.165, 1.54) is 0 Å². The van der Waals surface area contributed by atoms with Crippen LogP contribution in [-0.4, -0.2) is 46.1 Å². The summed E-state index contributed by atoms with van der Waals surface area (Å²) in [5.41, 5.74) is -0.0766. The average Bonchev–Trinajstić information content (AvgIpc) is 3.30. The van der Waals surface area contributed by atoms with Crippen LogP contribution in [0.4, 0.5) is 26.7 Å². The fourth-order valence-corrected chi connectivity index (χ4v) is 5.44. The number of hydrogen-bond acceptors (Lipinski definition) is 5. The lowest BCUT2D eigenvalue weighted by atomic mass is 9.88. The number of rotatable bonds is 10. The molecule has 5 atom stereocenters. The van der Waals surface area contributed by atoms with Gasteiger partial charge in [-0.3, -0.25) is 4.79 Å². The molecule has 45 heavy (non-hydrogen) atoms. The van der Waals surface area contributed by atoms with Crippen molar-refractivity contribution in [1.29, 1.82) is 0 Å². The predicted molar refractivity (Wildman–Crippen MR) is 154 cm³/mol. The van der Waals surface area contributed by atoms with E-state index in [4.69, 9.17) is 4.74 Å². The van der Waals surface area contributed by atoms with Crippen molar-refractivity contribution in [2.24, 2.45) is 5.92 Å². The molecule has 12 heteroatoms. The van der Waals surface area contributed by atoms with Gasteiger partial charge in [-0.1, -0.05) is 54.6 Å². The number of benzene rings is 3. The Balaban J connectivity index is 1.66. The van der Waals surface area contributed by atoms with Crippen molar-refractivity contribution in [3.63, 3.8) is 0 Å². The number of halogens is 5. The van der Waals surface area contributed by atoms with Crippen molar-refractivity contribution in [3.8, 4) is 0 Å². The second kappa shape index (κ2) is 13.9. The number of aliphatic hydroxyl groups excluding tert-OH is 2. The van der Waals surface area contributed by atoms with E-state index in [9.17, 15) is 41.8 Å². The van der Waals surface area contributed by atoms with Crippen molar-refractivity contribution in [2.75, 3.05) is 0 Å². The van der Waals surface area contributed by atoms with Gasteiger partial charge in [-0.15, -0.1) is 0 Å². The highest BCUT2D eigenvalue weighted by atomic mass is 19.2. The lowest BCUT2D eigenvalue weighted by Gasteiger charge is -2.30. The number of fused-ring (bicyclic) bond motifs is 1. The zero-order chi connectivity index (χ0) is 33.1. The molecule has 0 aromatic heterocycles. The second-order valence-electron chi connectivity index (χ2n) is 12.2. The van der Waals surface area contributed by atoms with Gasteiger partial charge in [-0.2, -0.15) is 0 Å². The number of aliphatic hydroxyl groups is 2. The largest absolute Gasteiger partial charge is 0.444 e. The summed E-state index contributed by atoms with van der Waals surface area (Å²) in [5.74, 6) is -13.4. The van der Waals surface area contributed by atoms with Crippen molar-refractivity contribution < 1.29 is 46.5 Å². The molecule has 0 saturated carbocycles. The van der Waals surface area contributed by atoms with Gasteiger partial charge in [0, 0.05) is 17.9 Å².